The largest absolute Gasteiger partial charge is 0.400 e. The third kappa shape index (κ3) is 4.41. The Kier molecular flexibility index (Phi) is 6.13. The maximum Gasteiger partial charge on any atom is 0.273 e. The van der Waals surface area contributed by atoms with Gasteiger partial charge in [-0.15, -0.1) is 11.8 Å². The monoisotopic (exact) mass is 288 g/mol. The molecule has 7 N–H and O–H groups in total. The Balaban J connectivity index is 2.54. The van der Waals surface area contributed by atoms with Crippen molar-refractivity contribution in [1.82, 2.24) is 5.32 Å². The predicted molar refractivity (Wildman–Crippen MR) is 74.4 cm³/mol. The molecule has 2 unspecified atom stereocenters. The van der Waals surface area contributed by atoms with Crippen molar-refractivity contribution in [2.45, 2.75) is 31.4 Å². The molecule has 7 nitrogen and oxygen atoms in total. The highest BCUT2D eigenvalue weighted by molar-refractivity contribution is 8.00. The summed E-state index contributed by atoms with van der Waals surface area (Å²) in [5, 5.41) is 19.1. The van der Waals surface area contributed by atoms with Crippen molar-refractivity contribution in [2.75, 3.05) is 12.4 Å². The van der Waals surface area contributed by atoms with Crippen LogP contribution in [0.3, 0.4) is 0 Å². The molecule has 1 aliphatic heterocycles. The fourth-order valence-electron chi connectivity index (χ4n) is 1.53. The molecule has 2 atom stereocenters. The molecule has 1 rings (SSSR count). The van der Waals surface area contributed by atoms with Crippen LogP contribution >= 0.6 is 11.8 Å². The standard InChI is InChI=1S/C11H20N4O3S/c1-2-3-6(12)9(13)10(14)11(17)15-7-5-19-8(4-16)18-7/h7-8,14,16H,2-5,12-13H2,1H3,(H,15,17). The normalized spacial score (nSPS) is 23.9. The van der Waals surface area contributed by atoms with Crippen LogP contribution in [0.2, 0.25) is 0 Å². The summed E-state index contributed by atoms with van der Waals surface area (Å²) in [6.07, 6.45) is 0.821. The van der Waals surface area contributed by atoms with Gasteiger partial charge in [-0.25, -0.2) is 0 Å². The summed E-state index contributed by atoms with van der Waals surface area (Å²) in [5.41, 5.74) is 11.0. The van der Waals surface area contributed by atoms with E-state index in [4.69, 9.17) is 26.7 Å². The molecule has 1 amide bonds. The molecule has 0 saturated carbocycles. The lowest BCUT2D eigenvalue weighted by atomic mass is 10.1. The van der Waals surface area contributed by atoms with Gasteiger partial charge in [0.05, 0.1) is 12.3 Å². The molecule has 1 heterocycles. The van der Waals surface area contributed by atoms with Crippen molar-refractivity contribution in [3.63, 3.8) is 0 Å². The second-order valence-electron chi connectivity index (χ2n) is 4.11. The molecular formula is C11H20N4O3S. The van der Waals surface area contributed by atoms with E-state index < -0.39 is 12.1 Å². The number of rotatable bonds is 6. The number of aliphatic hydroxyl groups excluding tert-OH is 1. The Morgan fingerprint density at radius 1 is 1.58 bits per heavy atom. The zero-order valence-electron chi connectivity index (χ0n) is 10.8. The van der Waals surface area contributed by atoms with Gasteiger partial charge in [0.15, 0.2) is 0 Å². The number of hydrogen-bond donors (Lipinski definition) is 5. The number of carbonyl (C=O) groups is 1. The van der Waals surface area contributed by atoms with Gasteiger partial charge in [-0.3, -0.25) is 10.2 Å². The highest BCUT2D eigenvalue weighted by Gasteiger charge is 2.28. The first-order valence-corrected chi connectivity index (χ1v) is 7.06. The molecular weight excluding hydrogens is 268 g/mol. The molecule has 19 heavy (non-hydrogen) atoms. The van der Waals surface area contributed by atoms with Gasteiger partial charge in [0, 0.05) is 11.4 Å². The minimum Gasteiger partial charge on any atom is -0.400 e. The average molecular weight is 288 g/mol. The minimum atomic E-state index is -0.624. The Bertz CT molecular complexity index is 386. The van der Waals surface area contributed by atoms with Crippen LogP contribution in [0.15, 0.2) is 11.4 Å². The molecule has 0 aromatic heterocycles. The topological polar surface area (TPSA) is 134 Å². The molecule has 0 aromatic carbocycles. The van der Waals surface area contributed by atoms with Gasteiger partial charge in [0.2, 0.25) is 0 Å². The van der Waals surface area contributed by atoms with Gasteiger partial charge in [-0.2, -0.15) is 0 Å². The zero-order valence-corrected chi connectivity index (χ0v) is 11.6. The summed E-state index contributed by atoms with van der Waals surface area (Å²) >= 11 is 1.40. The van der Waals surface area contributed by atoms with Crippen LogP contribution in [-0.4, -0.2) is 40.7 Å². The smallest absolute Gasteiger partial charge is 0.273 e. The SMILES string of the molecule is CCCC(N)=C(N)C(=N)C(=O)NC1CSC(CO)O1. The number of carbonyl (C=O) groups excluding carboxylic acids is 1. The zero-order chi connectivity index (χ0) is 14.4. The highest BCUT2D eigenvalue weighted by atomic mass is 32.2. The fourth-order valence-corrected chi connectivity index (χ4v) is 2.40. The number of thioether (sulfide) groups is 1. The summed E-state index contributed by atoms with van der Waals surface area (Å²) in [7, 11) is 0. The number of aliphatic hydroxyl groups is 1. The number of nitrogens with two attached hydrogens (primary N) is 2. The molecule has 108 valence electrons. The van der Waals surface area contributed by atoms with E-state index in [0.717, 1.165) is 6.42 Å². The van der Waals surface area contributed by atoms with Crippen LogP contribution in [0.5, 0.6) is 0 Å². The van der Waals surface area contributed by atoms with Gasteiger partial charge in [-0.05, 0) is 6.42 Å². The number of amides is 1. The number of allylic oxidation sites excluding steroid dienone is 1. The minimum absolute atomic E-state index is 0.00343. The van der Waals surface area contributed by atoms with E-state index in [9.17, 15) is 4.79 Å². The molecule has 8 heteroatoms. The number of nitrogens with one attached hydrogen (secondary N) is 2. The van der Waals surface area contributed by atoms with Crippen LogP contribution in [0.4, 0.5) is 0 Å². The lowest BCUT2D eigenvalue weighted by Crippen LogP contribution is -2.42. The van der Waals surface area contributed by atoms with Crippen molar-refractivity contribution in [3.8, 4) is 0 Å². The van der Waals surface area contributed by atoms with E-state index in [-0.39, 0.29) is 23.5 Å². The number of hydrogen-bond acceptors (Lipinski definition) is 7. The first kappa shape index (κ1) is 15.8. The van der Waals surface area contributed by atoms with Crippen molar-refractivity contribution < 1.29 is 14.6 Å². The molecule has 0 spiro atoms. The summed E-state index contributed by atoms with van der Waals surface area (Å²) in [4.78, 5) is 11.8. The van der Waals surface area contributed by atoms with Crippen molar-refractivity contribution in [2.24, 2.45) is 11.5 Å². The summed E-state index contributed by atoms with van der Waals surface area (Å²) in [6.45, 7) is 1.82. The average Bonchev–Trinajstić information content (AvgIpc) is 2.84. The van der Waals surface area contributed by atoms with Gasteiger partial charge in [-0.1, -0.05) is 13.3 Å². The van der Waals surface area contributed by atoms with E-state index in [1.165, 1.54) is 11.8 Å². The van der Waals surface area contributed by atoms with Gasteiger partial charge < -0.3 is 26.6 Å². The fraction of sp³-hybridized carbons (Fsp3) is 0.636. The summed E-state index contributed by atoms with van der Waals surface area (Å²) in [5.74, 6) is -0.0982. The van der Waals surface area contributed by atoms with Gasteiger partial charge >= 0.3 is 0 Å². The summed E-state index contributed by atoms with van der Waals surface area (Å²) < 4.78 is 5.32. The third-order valence-corrected chi connectivity index (χ3v) is 3.68. The molecule has 1 saturated heterocycles. The van der Waals surface area contributed by atoms with Gasteiger partial charge in [0.25, 0.3) is 5.91 Å². The quantitative estimate of drug-likeness (QED) is 0.417. The number of ether oxygens (including phenoxy) is 1. The Morgan fingerprint density at radius 3 is 2.79 bits per heavy atom. The Morgan fingerprint density at radius 2 is 2.26 bits per heavy atom. The molecule has 0 aliphatic carbocycles. The van der Waals surface area contributed by atoms with Gasteiger partial charge in [0.1, 0.15) is 17.4 Å². The van der Waals surface area contributed by atoms with E-state index in [1.54, 1.807) is 0 Å². The Labute approximate surface area is 116 Å². The molecule has 1 fully saturated rings. The van der Waals surface area contributed by atoms with Crippen LogP contribution in [0.25, 0.3) is 0 Å². The lowest BCUT2D eigenvalue weighted by Gasteiger charge is -2.14. The van der Waals surface area contributed by atoms with Crippen molar-refractivity contribution in [3.05, 3.63) is 11.4 Å². The third-order valence-electron chi connectivity index (χ3n) is 2.55. The predicted octanol–water partition coefficient (Wildman–Crippen LogP) is -0.541. The van der Waals surface area contributed by atoms with Crippen molar-refractivity contribution >= 4 is 23.4 Å². The maximum absolute atomic E-state index is 11.8. The van der Waals surface area contributed by atoms with Crippen LogP contribution in [-0.2, 0) is 9.53 Å². The molecule has 0 bridgehead atoms. The second-order valence-corrected chi connectivity index (χ2v) is 5.30. The van der Waals surface area contributed by atoms with E-state index in [0.29, 0.717) is 17.9 Å². The molecule has 1 aliphatic rings. The first-order valence-electron chi connectivity index (χ1n) is 6.01. The van der Waals surface area contributed by atoms with Crippen LogP contribution in [0, 0.1) is 5.41 Å². The highest BCUT2D eigenvalue weighted by Crippen LogP contribution is 2.23. The van der Waals surface area contributed by atoms with Crippen LogP contribution in [0.1, 0.15) is 19.8 Å². The summed E-state index contributed by atoms with van der Waals surface area (Å²) in [6, 6.07) is 0. The van der Waals surface area contributed by atoms with E-state index in [2.05, 4.69) is 5.32 Å². The van der Waals surface area contributed by atoms with Crippen molar-refractivity contribution in [1.29, 1.82) is 5.41 Å². The molecule has 0 aromatic rings. The maximum atomic E-state index is 11.8. The second kappa shape index (κ2) is 7.37. The van der Waals surface area contributed by atoms with E-state index >= 15 is 0 Å². The van der Waals surface area contributed by atoms with Crippen LogP contribution < -0.4 is 16.8 Å². The Hall–Kier alpha value is -1.25. The molecule has 0 radical (unpaired) electrons. The first-order chi connectivity index (χ1) is 8.99. The lowest BCUT2D eigenvalue weighted by molar-refractivity contribution is -0.118. The van der Waals surface area contributed by atoms with E-state index in [1.807, 2.05) is 6.92 Å².